The quantitative estimate of drug-likeness (QED) is 0.725. The molecule has 0 atom stereocenters. The number of carbonyl (C=O) groups excluding carboxylic acids is 3. The maximum Gasteiger partial charge on any atom is 0.229 e. The smallest absolute Gasteiger partial charge is 0.229 e. The summed E-state index contributed by atoms with van der Waals surface area (Å²) in [6, 6.07) is 0. The molecule has 19 heavy (non-hydrogen) atoms. The molecular formula is C13H20N2O4. The molecule has 0 aromatic carbocycles. The van der Waals surface area contributed by atoms with Crippen LogP contribution in [-0.4, -0.2) is 57.9 Å². The van der Waals surface area contributed by atoms with Crippen molar-refractivity contribution < 1.29 is 19.5 Å². The lowest BCUT2D eigenvalue weighted by atomic mass is 9.94. The van der Waals surface area contributed by atoms with E-state index in [1.54, 1.807) is 11.8 Å². The Morgan fingerprint density at radius 3 is 2.26 bits per heavy atom. The van der Waals surface area contributed by atoms with Crippen molar-refractivity contribution >= 4 is 17.7 Å². The first-order valence-electron chi connectivity index (χ1n) is 6.72. The maximum absolute atomic E-state index is 12.0. The summed E-state index contributed by atoms with van der Waals surface area (Å²) in [5.41, 5.74) is -0.683. The van der Waals surface area contributed by atoms with Gasteiger partial charge in [0.15, 0.2) is 0 Å². The Kier molecular flexibility index (Phi) is 3.89. The molecule has 1 N–H and O–H groups in total. The van der Waals surface area contributed by atoms with Crippen molar-refractivity contribution in [1.82, 2.24) is 9.80 Å². The fourth-order valence-electron chi connectivity index (χ4n) is 2.48. The predicted molar refractivity (Wildman–Crippen MR) is 67.0 cm³/mol. The zero-order chi connectivity index (χ0) is 14.0. The van der Waals surface area contributed by atoms with Gasteiger partial charge in [-0.3, -0.25) is 19.3 Å². The van der Waals surface area contributed by atoms with Crippen LogP contribution in [0.2, 0.25) is 0 Å². The molecule has 3 amide bonds. The van der Waals surface area contributed by atoms with Crippen molar-refractivity contribution in [2.24, 2.45) is 0 Å². The highest BCUT2D eigenvalue weighted by Gasteiger charge is 2.32. The second-order valence-corrected chi connectivity index (χ2v) is 5.57. The largest absolute Gasteiger partial charge is 0.390 e. The van der Waals surface area contributed by atoms with E-state index in [4.69, 9.17) is 0 Å². The lowest BCUT2D eigenvalue weighted by molar-refractivity contribution is -0.140. The van der Waals surface area contributed by atoms with Crippen LogP contribution >= 0.6 is 0 Å². The number of likely N-dealkylation sites (tertiary alicyclic amines) is 2. The van der Waals surface area contributed by atoms with E-state index in [-0.39, 0.29) is 43.5 Å². The highest BCUT2D eigenvalue weighted by atomic mass is 16.3. The molecule has 2 aliphatic heterocycles. The van der Waals surface area contributed by atoms with E-state index in [1.807, 2.05) is 0 Å². The normalized spacial score (nSPS) is 23.1. The maximum atomic E-state index is 12.0. The van der Waals surface area contributed by atoms with Crippen molar-refractivity contribution in [2.45, 2.75) is 44.6 Å². The van der Waals surface area contributed by atoms with Crippen molar-refractivity contribution in [2.75, 3.05) is 19.6 Å². The van der Waals surface area contributed by atoms with Gasteiger partial charge in [0.1, 0.15) is 0 Å². The van der Waals surface area contributed by atoms with Crippen LogP contribution in [0.4, 0.5) is 0 Å². The molecule has 0 unspecified atom stereocenters. The van der Waals surface area contributed by atoms with Crippen molar-refractivity contribution in [3.8, 4) is 0 Å². The van der Waals surface area contributed by atoms with Gasteiger partial charge in [-0.05, 0) is 19.8 Å². The van der Waals surface area contributed by atoms with Gasteiger partial charge in [-0.15, -0.1) is 0 Å². The molecular weight excluding hydrogens is 248 g/mol. The summed E-state index contributed by atoms with van der Waals surface area (Å²) in [5.74, 6) is -0.415. The minimum Gasteiger partial charge on any atom is -0.390 e. The standard InChI is InChI=1S/C13H20N2O4/c1-13(19)5-8-14(9-6-13)10(16)4-7-15-11(17)2-3-12(15)18/h19H,2-9H2,1H3. The number of piperidine rings is 1. The van der Waals surface area contributed by atoms with Gasteiger partial charge < -0.3 is 10.0 Å². The third kappa shape index (κ3) is 3.32. The van der Waals surface area contributed by atoms with Gasteiger partial charge in [0.25, 0.3) is 0 Å². The van der Waals surface area contributed by atoms with Gasteiger partial charge >= 0.3 is 0 Å². The van der Waals surface area contributed by atoms with Gasteiger partial charge in [-0.25, -0.2) is 0 Å². The van der Waals surface area contributed by atoms with Crippen LogP contribution in [0.5, 0.6) is 0 Å². The van der Waals surface area contributed by atoms with Crippen LogP contribution in [0.3, 0.4) is 0 Å². The minimum atomic E-state index is -0.683. The molecule has 106 valence electrons. The molecule has 2 heterocycles. The molecule has 2 fully saturated rings. The summed E-state index contributed by atoms with van der Waals surface area (Å²) >= 11 is 0. The Morgan fingerprint density at radius 2 is 1.74 bits per heavy atom. The Balaban J connectivity index is 1.79. The Hall–Kier alpha value is -1.43. The van der Waals surface area contributed by atoms with E-state index in [0.717, 1.165) is 0 Å². The lowest BCUT2D eigenvalue weighted by Gasteiger charge is -2.36. The van der Waals surface area contributed by atoms with Crippen molar-refractivity contribution in [3.05, 3.63) is 0 Å². The summed E-state index contributed by atoms with van der Waals surface area (Å²) in [4.78, 5) is 37.7. The topological polar surface area (TPSA) is 77.9 Å². The number of aliphatic hydroxyl groups is 1. The first-order chi connectivity index (χ1) is 8.89. The van der Waals surface area contributed by atoms with E-state index in [0.29, 0.717) is 25.9 Å². The molecule has 0 aliphatic carbocycles. The molecule has 0 saturated carbocycles. The van der Waals surface area contributed by atoms with Crippen LogP contribution in [0, 0.1) is 0 Å². The predicted octanol–water partition coefficient (Wildman–Crippen LogP) is -0.101. The summed E-state index contributed by atoms with van der Waals surface area (Å²) in [6.45, 7) is 3.03. The number of hydrogen-bond donors (Lipinski definition) is 1. The van der Waals surface area contributed by atoms with Crippen LogP contribution in [-0.2, 0) is 14.4 Å². The van der Waals surface area contributed by atoms with Crippen LogP contribution in [0.1, 0.15) is 39.0 Å². The number of hydrogen-bond acceptors (Lipinski definition) is 4. The molecule has 6 heteroatoms. The summed E-state index contributed by atoms with van der Waals surface area (Å²) in [7, 11) is 0. The van der Waals surface area contributed by atoms with Crippen molar-refractivity contribution in [1.29, 1.82) is 0 Å². The highest BCUT2D eigenvalue weighted by molar-refractivity contribution is 6.02. The van der Waals surface area contributed by atoms with E-state index in [1.165, 1.54) is 4.90 Å². The van der Waals surface area contributed by atoms with E-state index in [2.05, 4.69) is 0 Å². The number of carbonyl (C=O) groups is 3. The zero-order valence-electron chi connectivity index (χ0n) is 11.2. The number of rotatable bonds is 3. The van der Waals surface area contributed by atoms with E-state index < -0.39 is 5.60 Å². The molecule has 0 spiro atoms. The lowest BCUT2D eigenvalue weighted by Crippen LogP contribution is -2.46. The minimum absolute atomic E-state index is 0.0528. The number of amides is 3. The van der Waals surface area contributed by atoms with Gasteiger partial charge in [0.05, 0.1) is 5.60 Å². The second-order valence-electron chi connectivity index (χ2n) is 5.57. The van der Waals surface area contributed by atoms with Gasteiger partial charge in [0, 0.05) is 38.9 Å². The zero-order valence-corrected chi connectivity index (χ0v) is 11.2. The SMILES string of the molecule is CC1(O)CCN(C(=O)CCN2C(=O)CCC2=O)CC1. The molecule has 2 rings (SSSR count). The van der Waals surface area contributed by atoms with Crippen LogP contribution in [0.25, 0.3) is 0 Å². The molecule has 0 radical (unpaired) electrons. The molecule has 0 aromatic rings. The first-order valence-corrected chi connectivity index (χ1v) is 6.72. The molecule has 0 aromatic heterocycles. The third-order valence-electron chi connectivity index (χ3n) is 3.90. The molecule has 0 bridgehead atoms. The Morgan fingerprint density at radius 1 is 1.21 bits per heavy atom. The van der Waals surface area contributed by atoms with E-state index in [9.17, 15) is 19.5 Å². The highest BCUT2D eigenvalue weighted by Crippen LogP contribution is 2.21. The van der Waals surface area contributed by atoms with Gasteiger partial charge in [0.2, 0.25) is 17.7 Å². The fraction of sp³-hybridized carbons (Fsp3) is 0.769. The van der Waals surface area contributed by atoms with Gasteiger partial charge in [-0.1, -0.05) is 0 Å². The number of imide groups is 1. The molecule has 2 saturated heterocycles. The monoisotopic (exact) mass is 268 g/mol. The molecule has 6 nitrogen and oxygen atoms in total. The number of nitrogens with zero attached hydrogens (tertiary/aromatic N) is 2. The fourth-order valence-corrected chi connectivity index (χ4v) is 2.48. The van der Waals surface area contributed by atoms with Gasteiger partial charge in [-0.2, -0.15) is 0 Å². The van der Waals surface area contributed by atoms with Crippen molar-refractivity contribution in [3.63, 3.8) is 0 Å². The summed E-state index contributed by atoms with van der Waals surface area (Å²) in [6.07, 6.45) is 1.85. The van der Waals surface area contributed by atoms with Crippen LogP contribution in [0.15, 0.2) is 0 Å². The van der Waals surface area contributed by atoms with E-state index >= 15 is 0 Å². The Labute approximate surface area is 112 Å². The Bertz CT molecular complexity index is 379. The summed E-state index contributed by atoms with van der Waals surface area (Å²) in [5, 5.41) is 9.81. The third-order valence-corrected chi connectivity index (χ3v) is 3.90. The molecule has 2 aliphatic rings. The first kappa shape index (κ1) is 14.0. The average Bonchev–Trinajstić information content (AvgIpc) is 2.66. The summed E-state index contributed by atoms with van der Waals surface area (Å²) < 4.78 is 0. The average molecular weight is 268 g/mol. The van der Waals surface area contributed by atoms with Crippen LogP contribution < -0.4 is 0 Å². The second kappa shape index (κ2) is 5.28.